The molecule has 0 spiro atoms. The molecule has 5 heteroatoms. The molecule has 1 aromatic carbocycles. The average molecular weight is 267 g/mol. The Hall–Kier alpha value is -1.62. The van der Waals surface area contributed by atoms with Crippen molar-refractivity contribution in [1.29, 1.82) is 0 Å². The smallest absolute Gasteiger partial charge is 0.335 e. The molecule has 0 aliphatic carbocycles. The second kappa shape index (κ2) is 6.02. The van der Waals surface area contributed by atoms with E-state index in [-0.39, 0.29) is 23.5 Å². The van der Waals surface area contributed by atoms with Crippen LogP contribution >= 0.6 is 0 Å². The van der Waals surface area contributed by atoms with Gasteiger partial charge in [0.25, 0.3) is 0 Å². The van der Waals surface area contributed by atoms with E-state index in [9.17, 15) is 9.18 Å². The standard InChI is InChI=1S/C14H18FNO3/c1-9(12-4-2-3-7-16-12)19-13-6-5-10(14(17)18)8-11(13)15/h5-6,8-9,12,16H,2-4,7H2,1H3,(H,17,18). The lowest BCUT2D eigenvalue weighted by atomic mass is 10.0. The summed E-state index contributed by atoms with van der Waals surface area (Å²) in [4.78, 5) is 10.7. The molecule has 1 aliphatic rings. The van der Waals surface area contributed by atoms with E-state index < -0.39 is 11.8 Å². The van der Waals surface area contributed by atoms with E-state index in [1.165, 1.54) is 12.1 Å². The molecule has 0 amide bonds. The van der Waals surface area contributed by atoms with Gasteiger partial charge >= 0.3 is 5.97 Å². The topological polar surface area (TPSA) is 58.6 Å². The normalized spacial score (nSPS) is 20.8. The lowest BCUT2D eigenvalue weighted by Gasteiger charge is -2.29. The summed E-state index contributed by atoms with van der Waals surface area (Å²) in [5.41, 5.74) is -0.0757. The zero-order chi connectivity index (χ0) is 13.8. The van der Waals surface area contributed by atoms with Crippen molar-refractivity contribution in [2.24, 2.45) is 0 Å². The monoisotopic (exact) mass is 267 g/mol. The van der Waals surface area contributed by atoms with Crippen LogP contribution in [0.3, 0.4) is 0 Å². The number of piperidine rings is 1. The largest absolute Gasteiger partial charge is 0.486 e. The molecule has 19 heavy (non-hydrogen) atoms. The summed E-state index contributed by atoms with van der Waals surface area (Å²) >= 11 is 0. The fourth-order valence-electron chi connectivity index (χ4n) is 2.29. The molecule has 0 aromatic heterocycles. The Morgan fingerprint density at radius 2 is 2.32 bits per heavy atom. The molecule has 2 N–H and O–H groups in total. The van der Waals surface area contributed by atoms with Gasteiger partial charge in [-0.2, -0.15) is 0 Å². The van der Waals surface area contributed by atoms with Gasteiger partial charge in [0.2, 0.25) is 0 Å². The van der Waals surface area contributed by atoms with Crippen LogP contribution in [-0.2, 0) is 0 Å². The fraction of sp³-hybridized carbons (Fsp3) is 0.500. The number of carboxylic acid groups (broad SMARTS) is 1. The summed E-state index contributed by atoms with van der Waals surface area (Å²) < 4.78 is 19.3. The number of hydrogen-bond donors (Lipinski definition) is 2. The molecular formula is C14H18FNO3. The average Bonchev–Trinajstić information content (AvgIpc) is 2.41. The van der Waals surface area contributed by atoms with Gasteiger partial charge in [-0.1, -0.05) is 6.42 Å². The molecular weight excluding hydrogens is 249 g/mol. The number of hydrogen-bond acceptors (Lipinski definition) is 3. The van der Waals surface area contributed by atoms with Crippen molar-refractivity contribution in [2.45, 2.75) is 38.3 Å². The Morgan fingerprint density at radius 1 is 1.53 bits per heavy atom. The van der Waals surface area contributed by atoms with Crippen molar-refractivity contribution < 1.29 is 19.0 Å². The van der Waals surface area contributed by atoms with E-state index >= 15 is 0 Å². The Bertz CT molecular complexity index is 458. The second-order valence-electron chi connectivity index (χ2n) is 4.83. The number of benzene rings is 1. The summed E-state index contributed by atoms with van der Waals surface area (Å²) in [6, 6.07) is 3.92. The molecule has 1 saturated heterocycles. The molecule has 2 rings (SSSR count). The van der Waals surface area contributed by atoms with Gasteiger partial charge in [-0.25, -0.2) is 9.18 Å². The number of aromatic carboxylic acids is 1. The van der Waals surface area contributed by atoms with E-state index in [2.05, 4.69) is 5.32 Å². The highest BCUT2D eigenvalue weighted by Crippen LogP contribution is 2.22. The minimum atomic E-state index is -1.15. The fourth-order valence-corrected chi connectivity index (χ4v) is 2.29. The highest BCUT2D eigenvalue weighted by atomic mass is 19.1. The summed E-state index contributed by atoms with van der Waals surface area (Å²) in [5.74, 6) is -1.68. The molecule has 0 radical (unpaired) electrons. The van der Waals surface area contributed by atoms with Crippen LogP contribution in [0.25, 0.3) is 0 Å². The number of carbonyl (C=O) groups is 1. The van der Waals surface area contributed by atoms with Gasteiger partial charge in [0.05, 0.1) is 5.56 Å². The van der Waals surface area contributed by atoms with Crippen molar-refractivity contribution in [3.63, 3.8) is 0 Å². The van der Waals surface area contributed by atoms with Crippen LogP contribution in [0.1, 0.15) is 36.5 Å². The van der Waals surface area contributed by atoms with Crippen molar-refractivity contribution in [3.8, 4) is 5.75 Å². The third-order valence-corrected chi connectivity index (χ3v) is 3.41. The molecule has 1 heterocycles. The molecule has 1 aliphatic heterocycles. The van der Waals surface area contributed by atoms with Gasteiger partial charge in [-0.3, -0.25) is 0 Å². The molecule has 1 aromatic rings. The van der Waals surface area contributed by atoms with Crippen LogP contribution < -0.4 is 10.1 Å². The summed E-state index contributed by atoms with van der Waals surface area (Å²) in [6.07, 6.45) is 3.16. The second-order valence-corrected chi connectivity index (χ2v) is 4.83. The molecule has 2 atom stereocenters. The number of nitrogens with one attached hydrogen (secondary N) is 1. The van der Waals surface area contributed by atoms with Crippen LogP contribution in [0, 0.1) is 5.82 Å². The van der Waals surface area contributed by atoms with Gasteiger partial charge in [-0.05, 0) is 44.5 Å². The van der Waals surface area contributed by atoms with Crippen molar-refractivity contribution in [1.82, 2.24) is 5.32 Å². The lowest BCUT2D eigenvalue weighted by Crippen LogP contribution is -2.44. The number of carboxylic acids is 1. The van der Waals surface area contributed by atoms with E-state index in [1.807, 2.05) is 6.92 Å². The maximum Gasteiger partial charge on any atom is 0.335 e. The van der Waals surface area contributed by atoms with Crippen LogP contribution in [0.15, 0.2) is 18.2 Å². The first-order valence-electron chi connectivity index (χ1n) is 6.51. The zero-order valence-electron chi connectivity index (χ0n) is 10.9. The van der Waals surface area contributed by atoms with Gasteiger partial charge in [0.1, 0.15) is 6.10 Å². The zero-order valence-corrected chi connectivity index (χ0v) is 10.9. The SMILES string of the molecule is CC(Oc1ccc(C(=O)O)cc1F)C1CCCCN1. The highest BCUT2D eigenvalue weighted by Gasteiger charge is 2.22. The number of halogens is 1. The van der Waals surface area contributed by atoms with Gasteiger partial charge in [0, 0.05) is 6.04 Å². The Morgan fingerprint density at radius 3 is 2.89 bits per heavy atom. The summed E-state index contributed by atoms with van der Waals surface area (Å²) in [7, 11) is 0. The maximum atomic E-state index is 13.7. The summed E-state index contributed by atoms with van der Waals surface area (Å²) in [6.45, 7) is 2.85. The Balaban J connectivity index is 2.03. The first kappa shape index (κ1) is 13.8. The van der Waals surface area contributed by atoms with Crippen LogP contribution in [0.4, 0.5) is 4.39 Å². The van der Waals surface area contributed by atoms with Crippen LogP contribution in [0.2, 0.25) is 0 Å². The van der Waals surface area contributed by atoms with E-state index in [1.54, 1.807) is 0 Å². The Labute approximate surface area is 111 Å². The predicted molar refractivity (Wildman–Crippen MR) is 69.1 cm³/mol. The molecule has 2 unspecified atom stereocenters. The third-order valence-electron chi connectivity index (χ3n) is 3.41. The quantitative estimate of drug-likeness (QED) is 0.879. The molecule has 104 valence electrons. The third kappa shape index (κ3) is 3.44. The van der Waals surface area contributed by atoms with Gasteiger partial charge in [0.15, 0.2) is 11.6 Å². The molecule has 1 fully saturated rings. The molecule has 0 bridgehead atoms. The molecule has 0 saturated carbocycles. The van der Waals surface area contributed by atoms with Crippen LogP contribution in [-0.4, -0.2) is 29.8 Å². The van der Waals surface area contributed by atoms with E-state index in [0.717, 1.165) is 31.9 Å². The predicted octanol–water partition coefficient (Wildman–Crippen LogP) is 2.43. The number of ether oxygens (including phenoxy) is 1. The maximum absolute atomic E-state index is 13.7. The van der Waals surface area contributed by atoms with Crippen LogP contribution in [0.5, 0.6) is 5.75 Å². The van der Waals surface area contributed by atoms with Gasteiger partial charge < -0.3 is 15.2 Å². The van der Waals surface area contributed by atoms with E-state index in [4.69, 9.17) is 9.84 Å². The van der Waals surface area contributed by atoms with Crippen molar-refractivity contribution in [2.75, 3.05) is 6.54 Å². The minimum absolute atomic E-state index is 0.0757. The first-order valence-corrected chi connectivity index (χ1v) is 6.51. The Kier molecular flexibility index (Phi) is 4.37. The molecule has 4 nitrogen and oxygen atoms in total. The highest BCUT2D eigenvalue weighted by molar-refractivity contribution is 5.87. The van der Waals surface area contributed by atoms with Crippen molar-refractivity contribution >= 4 is 5.97 Å². The van der Waals surface area contributed by atoms with E-state index in [0.29, 0.717) is 0 Å². The number of rotatable bonds is 4. The summed E-state index contributed by atoms with van der Waals surface area (Å²) in [5, 5.41) is 12.1. The van der Waals surface area contributed by atoms with Gasteiger partial charge in [-0.15, -0.1) is 0 Å². The minimum Gasteiger partial charge on any atom is -0.486 e. The first-order chi connectivity index (χ1) is 9.08. The van der Waals surface area contributed by atoms with Crippen molar-refractivity contribution in [3.05, 3.63) is 29.6 Å². The lowest BCUT2D eigenvalue weighted by molar-refractivity contribution is 0.0696.